The van der Waals surface area contributed by atoms with Crippen LogP contribution in [0, 0.1) is 5.92 Å². The summed E-state index contributed by atoms with van der Waals surface area (Å²) >= 11 is 0. The lowest BCUT2D eigenvalue weighted by molar-refractivity contribution is 0.317. The van der Waals surface area contributed by atoms with E-state index >= 15 is 0 Å². The molecule has 1 aliphatic rings. The van der Waals surface area contributed by atoms with E-state index in [9.17, 15) is 0 Å². The van der Waals surface area contributed by atoms with E-state index in [2.05, 4.69) is 39.0 Å². The van der Waals surface area contributed by atoms with Crippen molar-refractivity contribution >= 4 is 17.8 Å². The van der Waals surface area contributed by atoms with Gasteiger partial charge in [-0.05, 0) is 32.1 Å². The highest BCUT2D eigenvalue weighted by atomic mass is 15.3. The zero-order chi connectivity index (χ0) is 15.2. The molecular formula is C15H28N6. The van der Waals surface area contributed by atoms with Gasteiger partial charge in [-0.25, -0.2) is 0 Å². The molecule has 0 amide bonds. The molecule has 0 atom stereocenters. The van der Waals surface area contributed by atoms with Gasteiger partial charge in [0.1, 0.15) is 0 Å². The van der Waals surface area contributed by atoms with Crippen molar-refractivity contribution in [2.75, 3.05) is 48.8 Å². The van der Waals surface area contributed by atoms with Crippen molar-refractivity contribution in [2.45, 2.75) is 39.5 Å². The second-order valence-corrected chi connectivity index (χ2v) is 5.92. The second kappa shape index (κ2) is 7.43. The molecule has 1 saturated carbocycles. The van der Waals surface area contributed by atoms with Gasteiger partial charge in [-0.3, -0.25) is 0 Å². The molecule has 0 bridgehead atoms. The van der Waals surface area contributed by atoms with Crippen molar-refractivity contribution in [1.29, 1.82) is 0 Å². The highest BCUT2D eigenvalue weighted by molar-refractivity contribution is 5.44. The molecule has 0 unspecified atom stereocenters. The normalized spacial score (nSPS) is 14.7. The van der Waals surface area contributed by atoms with E-state index in [0.29, 0.717) is 11.9 Å². The van der Waals surface area contributed by atoms with Gasteiger partial charge in [-0.15, -0.1) is 0 Å². The summed E-state index contributed by atoms with van der Waals surface area (Å²) in [5.41, 5.74) is 0. The summed E-state index contributed by atoms with van der Waals surface area (Å²) in [6, 6.07) is 0. The maximum absolute atomic E-state index is 4.61. The molecule has 21 heavy (non-hydrogen) atoms. The minimum absolute atomic E-state index is 0.678. The van der Waals surface area contributed by atoms with Gasteiger partial charge < -0.3 is 15.1 Å². The van der Waals surface area contributed by atoms with Crippen LogP contribution in [0.15, 0.2) is 0 Å². The van der Waals surface area contributed by atoms with Crippen LogP contribution in [0.5, 0.6) is 0 Å². The first-order valence-electron chi connectivity index (χ1n) is 8.06. The third-order valence-corrected chi connectivity index (χ3v) is 3.91. The second-order valence-electron chi connectivity index (χ2n) is 5.92. The maximum atomic E-state index is 4.61. The van der Waals surface area contributed by atoms with Gasteiger partial charge in [0.2, 0.25) is 17.8 Å². The van der Waals surface area contributed by atoms with E-state index in [-0.39, 0.29) is 0 Å². The molecule has 6 nitrogen and oxygen atoms in total. The van der Waals surface area contributed by atoms with E-state index < -0.39 is 0 Å². The fraction of sp³-hybridized carbons (Fsp3) is 0.800. The third kappa shape index (κ3) is 4.19. The Morgan fingerprint density at radius 1 is 1.10 bits per heavy atom. The zero-order valence-electron chi connectivity index (χ0n) is 13.8. The number of rotatable bonds is 8. The van der Waals surface area contributed by atoms with Gasteiger partial charge in [0.15, 0.2) is 0 Å². The summed E-state index contributed by atoms with van der Waals surface area (Å²) in [5.74, 6) is 2.99. The molecule has 1 aromatic rings. The fourth-order valence-electron chi connectivity index (χ4n) is 2.35. The van der Waals surface area contributed by atoms with Gasteiger partial charge in [0, 0.05) is 33.7 Å². The third-order valence-electron chi connectivity index (χ3n) is 3.91. The van der Waals surface area contributed by atoms with Crippen molar-refractivity contribution in [3.05, 3.63) is 0 Å². The standard InChI is InChI=1S/C15H28N6/c1-5-10-16-13-17-14(20(3)4)19-15(18-13)21(6-2)11-12-8-7-9-12/h12H,5-11H2,1-4H3,(H,16,17,18,19). The molecule has 2 rings (SSSR count). The SMILES string of the molecule is CCCNc1nc(N(C)C)nc(N(CC)CC2CCC2)n1. The number of nitrogens with zero attached hydrogens (tertiary/aromatic N) is 5. The van der Waals surface area contributed by atoms with Crippen molar-refractivity contribution < 1.29 is 0 Å². The number of aromatic nitrogens is 3. The monoisotopic (exact) mass is 292 g/mol. The van der Waals surface area contributed by atoms with Crippen LogP contribution in [-0.2, 0) is 0 Å². The van der Waals surface area contributed by atoms with Crippen LogP contribution >= 0.6 is 0 Å². The smallest absolute Gasteiger partial charge is 0.231 e. The van der Waals surface area contributed by atoms with Gasteiger partial charge in [-0.2, -0.15) is 15.0 Å². The van der Waals surface area contributed by atoms with Crippen molar-refractivity contribution in [3.63, 3.8) is 0 Å². The summed E-state index contributed by atoms with van der Waals surface area (Å²) in [4.78, 5) is 17.9. The Kier molecular flexibility index (Phi) is 5.59. The van der Waals surface area contributed by atoms with Gasteiger partial charge in [0.25, 0.3) is 0 Å². The van der Waals surface area contributed by atoms with E-state index in [1.807, 2.05) is 19.0 Å². The maximum Gasteiger partial charge on any atom is 0.231 e. The summed E-state index contributed by atoms with van der Waals surface area (Å²) in [6.45, 7) is 7.17. The van der Waals surface area contributed by atoms with Crippen molar-refractivity contribution in [1.82, 2.24) is 15.0 Å². The minimum atomic E-state index is 0.678. The van der Waals surface area contributed by atoms with Crippen LogP contribution in [0.4, 0.5) is 17.8 Å². The summed E-state index contributed by atoms with van der Waals surface area (Å²) in [5, 5.41) is 3.27. The predicted molar refractivity (Wildman–Crippen MR) is 88.2 cm³/mol. The molecule has 118 valence electrons. The summed E-state index contributed by atoms with van der Waals surface area (Å²) < 4.78 is 0. The highest BCUT2D eigenvalue weighted by Crippen LogP contribution is 2.28. The number of anilines is 3. The molecule has 0 aliphatic heterocycles. The molecule has 6 heteroatoms. The minimum Gasteiger partial charge on any atom is -0.354 e. The molecule has 0 aromatic carbocycles. The molecule has 1 heterocycles. The lowest BCUT2D eigenvalue weighted by Gasteiger charge is -2.32. The van der Waals surface area contributed by atoms with Crippen LogP contribution in [0.1, 0.15) is 39.5 Å². The van der Waals surface area contributed by atoms with Gasteiger partial charge >= 0.3 is 0 Å². The molecule has 1 N–H and O–H groups in total. The van der Waals surface area contributed by atoms with Gasteiger partial charge in [0.05, 0.1) is 0 Å². The van der Waals surface area contributed by atoms with E-state index in [4.69, 9.17) is 0 Å². The number of hydrogen-bond donors (Lipinski definition) is 1. The molecular weight excluding hydrogens is 264 g/mol. The Bertz CT molecular complexity index is 444. The number of hydrogen-bond acceptors (Lipinski definition) is 6. The first kappa shape index (κ1) is 15.8. The van der Waals surface area contributed by atoms with Crippen molar-refractivity contribution in [2.24, 2.45) is 5.92 Å². The largest absolute Gasteiger partial charge is 0.354 e. The summed E-state index contributed by atoms with van der Waals surface area (Å²) in [7, 11) is 3.93. The molecule has 1 aliphatic carbocycles. The predicted octanol–water partition coefficient (Wildman–Crippen LogP) is 2.39. The Morgan fingerprint density at radius 2 is 1.81 bits per heavy atom. The first-order valence-corrected chi connectivity index (χ1v) is 8.06. The van der Waals surface area contributed by atoms with Crippen molar-refractivity contribution in [3.8, 4) is 0 Å². The van der Waals surface area contributed by atoms with Crippen LogP contribution in [-0.4, -0.2) is 48.7 Å². The first-order chi connectivity index (χ1) is 10.1. The molecule has 0 spiro atoms. The average molecular weight is 292 g/mol. The van der Waals surface area contributed by atoms with E-state index in [1.165, 1.54) is 19.3 Å². The Morgan fingerprint density at radius 3 is 2.33 bits per heavy atom. The summed E-state index contributed by atoms with van der Waals surface area (Å²) in [6.07, 6.45) is 5.09. The number of nitrogens with one attached hydrogen (secondary N) is 1. The molecule has 0 radical (unpaired) electrons. The topological polar surface area (TPSA) is 57.2 Å². The molecule has 0 saturated heterocycles. The Balaban J connectivity index is 2.19. The highest BCUT2D eigenvalue weighted by Gasteiger charge is 2.22. The Labute approximate surface area is 128 Å². The van der Waals surface area contributed by atoms with Gasteiger partial charge in [-0.1, -0.05) is 13.3 Å². The molecule has 1 fully saturated rings. The van der Waals surface area contributed by atoms with Crippen LogP contribution < -0.4 is 15.1 Å². The van der Waals surface area contributed by atoms with E-state index in [1.54, 1.807) is 0 Å². The van der Waals surface area contributed by atoms with Crippen LogP contribution in [0.3, 0.4) is 0 Å². The van der Waals surface area contributed by atoms with Crippen LogP contribution in [0.2, 0.25) is 0 Å². The van der Waals surface area contributed by atoms with E-state index in [0.717, 1.165) is 37.9 Å². The molecule has 1 aromatic heterocycles. The Hall–Kier alpha value is -1.59. The average Bonchev–Trinajstić information content (AvgIpc) is 2.43. The fourth-order valence-corrected chi connectivity index (χ4v) is 2.35. The zero-order valence-corrected chi connectivity index (χ0v) is 13.8. The lowest BCUT2D eigenvalue weighted by Crippen LogP contribution is -2.34. The lowest BCUT2D eigenvalue weighted by atomic mass is 9.85. The quantitative estimate of drug-likeness (QED) is 0.794. The van der Waals surface area contributed by atoms with Crippen LogP contribution in [0.25, 0.3) is 0 Å².